The third kappa shape index (κ3) is 2.95. The number of fused-ring (bicyclic) bond motifs is 2. The Balaban J connectivity index is 1.77. The standard InChI is InChI=1S/C27H23ClO2/c28-22-15-13-21(14-16-22)25(26(29)17-5-9-19-7-1-3-11-23(19)26)27(30)18-6-10-20-8-2-4-12-24(20)27/h1-16,25,29-30H,17-18H2. The molecule has 0 fully saturated rings. The predicted octanol–water partition coefficient (Wildman–Crippen LogP) is 6.03. The molecule has 2 aliphatic rings. The van der Waals surface area contributed by atoms with Crippen LogP contribution < -0.4 is 0 Å². The molecule has 2 N–H and O–H groups in total. The van der Waals surface area contributed by atoms with Gasteiger partial charge in [-0.2, -0.15) is 0 Å². The Kier molecular flexibility index (Phi) is 4.67. The van der Waals surface area contributed by atoms with Crippen LogP contribution in [0, 0.1) is 0 Å². The zero-order chi connectivity index (χ0) is 20.8. The smallest absolute Gasteiger partial charge is 0.104 e. The van der Waals surface area contributed by atoms with Gasteiger partial charge in [-0.05, 0) is 52.8 Å². The first-order valence-corrected chi connectivity index (χ1v) is 10.6. The molecule has 150 valence electrons. The van der Waals surface area contributed by atoms with E-state index in [0.29, 0.717) is 17.9 Å². The molecule has 3 aromatic rings. The minimum absolute atomic E-state index is 0.422. The maximum atomic E-state index is 12.3. The summed E-state index contributed by atoms with van der Waals surface area (Å²) in [4.78, 5) is 0. The molecule has 30 heavy (non-hydrogen) atoms. The fourth-order valence-corrected chi connectivity index (χ4v) is 5.30. The maximum absolute atomic E-state index is 12.3. The quantitative estimate of drug-likeness (QED) is 0.549. The SMILES string of the molecule is OC1(C(c2ccc(Cl)cc2)C2(O)CC=Cc3ccccc32)CC=Cc2ccccc21. The third-order valence-corrected chi connectivity index (χ3v) is 6.72. The topological polar surface area (TPSA) is 40.5 Å². The van der Waals surface area contributed by atoms with Crippen molar-refractivity contribution in [1.29, 1.82) is 0 Å². The minimum atomic E-state index is -1.27. The van der Waals surface area contributed by atoms with E-state index in [-0.39, 0.29) is 0 Å². The van der Waals surface area contributed by atoms with Crippen LogP contribution in [0.15, 0.2) is 84.9 Å². The summed E-state index contributed by atoms with van der Waals surface area (Å²) in [6.07, 6.45) is 8.93. The summed E-state index contributed by atoms with van der Waals surface area (Å²) < 4.78 is 0. The Labute approximate surface area is 181 Å². The van der Waals surface area contributed by atoms with Gasteiger partial charge in [-0.1, -0.05) is 96.6 Å². The molecule has 2 unspecified atom stereocenters. The minimum Gasteiger partial charge on any atom is -0.384 e. The van der Waals surface area contributed by atoms with E-state index in [9.17, 15) is 10.2 Å². The number of halogens is 1. The molecular formula is C27H23ClO2. The van der Waals surface area contributed by atoms with Gasteiger partial charge in [0.05, 0.1) is 5.92 Å². The van der Waals surface area contributed by atoms with E-state index in [1.807, 2.05) is 97.1 Å². The van der Waals surface area contributed by atoms with Gasteiger partial charge in [-0.3, -0.25) is 0 Å². The van der Waals surface area contributed by atoms with Crippen LogP contribution in [0.4, 0.5) is 0 Å². The van der Waals surface area contributed by atoms with Crippen LogP contribution in [0.2, 0.25) is 5.02 Å². The van der Waals surface area contributed by atoms with Gasteiger partial charge in [0.25, 0.3) is 0 Å². The summed E-state index contributed by atoms with van der Waals surface area (Å²) in [5, 5.41) is 25.2. The van der Waals surface area contributed by atoms with E-state index in [0.717, 1.165) is 27.8 Å². The first kappa shape index (κ1) is 19.3. The largest absolute Gasteiger partial charge is 0.384 e. The zero-order valence-corrected chi connectivity index (χ0v) is 17.3. The Morgan fingerprint density at radius 2 is 1.13 bits per heavy atom. The normalized spacial score (nSPS) is 25.4. The van der Waals surface area contributed by atoms with Gasteiger partial charge in [-0.15, -0.1) is 0 Å². The number of hydrogen-bond acceptors (Lipinski definition) is 2. The third-order valence-electron chi connectivity index (χ3n) is 6.47. The van der Waals surface area contributed by atoms with Crippen LogP contribution in [0.3, 0.4) is 0 Å². The first-order valence-electron chi connectivity index (χ1n) is 10.2. The fraction of sp³-hybridized carbons (Fsp3) is 0.185. The Morgan fingerprint density at radius 3 is 1.63 bits per heavy atom. The van der Waals surface area contributed by atoms with Gasteiger partial charge in [0, 0.05) is 5.02 Å². The van der Waals surface area contributed by atoms with Crippen molar-refractivity contribution in [2.75, 3.05) is 0 Å². The highest BCUT2D eigenvalue weighted by atomic mass is 35.5. The Bertz CT molecular complexity index is 1080. The van der Waals surface area contributed by atoms with Crippen LogP contribution in [0.25, 0.3) is 12.2 Å². The summed E-state index contributed by atoms with van der Waals surface area (Å²) in [5.74, 6) is -0.584. The molecule has 3 heteroatoms. The van der Waals surface area contributed by atoms with Crippen LogP contribution in [-0.2, 0) is 11.2 Å². The zero-order valence-electron chi connectivity index (χ0n) is 16.5. The highest BCUT2D eigenvalue weighted by Crippen LogP contribution is 2.55. The highest BCUT2D eigenvalue weighted by molar-refractivity contribution is 6.30. The molecule has 0 bridgehead atoms. The van der Waals surface area contributed by atoms with E-state index in [2.05, 4.69) is 0 Å². The van der Waals surface area contributed by atoms with Crippen molar-refractivity contribution in [3.05, 3.63) is 118 Å². The summed E-state index contributed by atoms with van der Waals surface area (Å²) >= 11 is 6.17. The van der Waals surface area contributed by atoms with E-state index in [1.54, 1.807) is 0 Å². The Morgan fingerprint density at radius 1 is 0.667 bits per heavy atom. The highest BCUT2D eigenvalue weighted by Gasteiger charge is 2.53. The predicted molar refractivity (Wildman–Crippen MR) is 122 cm³/mol. The summed E-state index contributed by atoms with van der Waals surface area (Å²) in [7, 11) is 0. The molecule has 2 atom stereocenters. The lowest BCUT2D eigenvalue weighted by atomic mass is 9.61. The Hall–Kier alpha value is -2.65. The van der Waals surface area contributed by atoms with E-state index in [4.69, 9.17) is 11.6 Å². The van der Waals surface area contributed by atoms with Gasteiger partial charge in [-0.25, -0.2) is 0 Å². The second kappa shape index (κ2) is 7.24. The molecule has 0 saturated heterocycles. The van der Waals surface area contributed by atoms with Gasteiger partial charge in [0.15, 0.2) is 0 Å². The van der Waals surface area contributed by atoms with Crippen molar-refractivity contribution in [1.82, 2.24) is 0 Å². The number of hydrogen-bond donors (Lipinski definition) is 2. The lowest BCUT2D eigenvalue weighted by Crippen LogP contribution is -2.48. The molecule has 0 radical (unpaired) electrons. The van der Waals surface area contributed by atoms with Gasteiger partial charge >= 0.3 is 0 Å². The van der Waals surface area contributed by atoms with Crippen molar-refractivity contribution < 1.29 is 10.2 Å². The first-order chi connectivity index (χ1) is 14.5. The van der Waals surface area contributed by atoms with Crippen molar-refractivity contribution in [3.63, 3.8) is 0 Å². The number of rotatable bonds is 3. The molecule has 0 heterocycles. The van der Waals surface area contributed by atoms with Crippen molar-refractivity contribution in [2.24, 2.45) is 0 Å². The molecule has 0 amide bonds. The monoisotopic (exact) mass is 414 g/mol. The lowest BCUT2D eigenvalue weighted by molar-refractivity contribution is -0.0980. The van der Waals surface area contributed by atoms with Crippen LogP contribution in [-0.4, -0.2) is 10.2 Å². The van der Waals surface area contributed by atoms with E-state index in [1.165, 1.54) is 0 Å². The van der Waals surface area contributed by atoms with Gasteiger partial charge in [0.1, 0.15) is 11.2 Å². The molecule has 0 aromatic heterocycles. The molecule has 3 aromatic carbocycles. The molecule has 2 nitrogen and oxygen atoms in total. The number of aliphatic hydroxyl groups is 2. The molecule has 5 rings (SSSR count). The summed E-state index contributed by atoms with van der Waals surface area (Å²) in [6, 6.07) is 23.3. The molecule has 2 aliphatic carbocycles. The van der Waals surface area contributed by atoms with E-state index >= 15 is 0 Å². The molecule has 0 aliphatic heterocycles. The van der Waals surface area contributed by atoms with Crippen molar-refractivity contribution in [3.8, 4) is 0 Å². The molecule has 0 spiro atoms. The van der Waals surface area contributed by atoms with E-state index < -0.39 is 17.1 Å². The number of benzene rings is 3. The average molecular weight is 415 g/mol. The van der Waals surface area contributed by atoms with Crippen molar-refractivity contribution in [2.45, 2.75) is 30.0 Å². The molecule has 0 saturated carbocycles. The fourth-order valence-electron chi connectivity index (χ4n) is 5.17. The van der Waals surface area contributed by atoms with Crippen LogP contribution >= 0.6 is 11.6 Å². The second-order valence-corrected chi connectivity index (χ2v) is 8.66. The second-order valence-electron chi connectivity index (χ2n) is 8.22. The summed E-state index contributed by atoms with van der Waals surface area (Å²) in [5.41, 5.74) is 1.96. The van der Waals surface area contributed by atoms with Crippen molar-refractivity contribution >= 4 is 23.8 Å². The van der Waals surface area contributed by atoms with Crippen LogP contribution in [0.5, 0.6) is 0 Å². The van der Waals surface area contributed by atoms with Gasteiger partial charge in [0.2, 0.25) is 0 Å². The molecular weight excluding hydrogens is 392 g/mol. The maximum Gasteiger partial charge on any atom is 0.104 e. The average Bonchev–Trinajstić information content (AvgIpc) is 2.76. The van der Waals surface area contributed by atoms with Crippen LogP contribution in [0.1, 0.15) is 46.6 Å². The van der Waals surface area contributed by atoms with Gasteiger partial charge < -0.3 is 10.2 Å². The summed E-state index contributed by atoms with van der Waals surface area (Å²) in [6.45, 7) is 0. The lowest BCUT2D eigenvalue weighted by Gasteiger charge is -2.48.